The molecule has 6 rings (SSSR count). The van der Waals surface area contributed by atoms with E-state index in [1.807, 2.05) is 0 Å². The molecule has 1 amide bonds. The van der Waals surface area contributed by atoms with E-state index in [1.165, 1.54) is 24.8 Å². The first-order chi connectivity index (χ1) is 13.0. The summed E-state index contributed by atoms with van der Waals surface area (Å²) < 4.78 is 0. The smallest absolute Gasteiger partial charge is 0.223 e. The van der Waals surface area contributed by atoms with Gasteiger partial charge in [0.25, 0.3) is 0 Å². The van der Waals surface area contributed by atoms with E-state index in [-0.39, 0.29) is 5.41 Å². The number of quaternary nitrogens is 1. The molecule has 5 fully saturated rings. The van der Waals surface area contributed by atoms with Crippen molar-refractivity contribution in [3.05, 3.63) is 35.9 Å². The third-order valence-electron chi connectivity index (χ3n) is 7.80. The lowest BCUT2D eigenvalue weighted by atomic mass is 9.47. The van der Waals surface area contributed by atoms with Crippen LogP contribution in [0.25, 0.3) is 0 Å². The fourth-order valence-corrected chi connectivity index (χ4v) is 7.17. The molecule has 2 N–H and O–H groups in total. The molecule has 27 heavy (non-hydrogen) atoms. The molecule has 4 aliphatic carbocycles. The van der Waals surface area contributed by atoms with Crippen molar-refractivity contribution >= 4 is 5.91 Å². The van der Waals surface area contributed by atoms with E-state index in [2.05, 4.69) is 35.2 Å². The SMILES string of the molecule is O=C(CC12C[C@@H]3C[C@@H](CC(O)(C3)C1)C2)N1CC[NH+](Cc2ccccc2)CC1. The minimum Gasteiger partial charge on any atom is -0.390 e. The molecule has 1 heterocycles. The van der Waals surface area contributed by atoms with Crippen LogP contribution in [0.3, 0.4) is 0 Å². The standard InChI is InChI=1S/C23H32N2O2/c26-21(15-22-11-19-10-20(12-22)14-23(27,13-19)17-22)25-8-6-24(7-9-25)16-18-4-2-1-3-5-18/h1-5,19-20,27H,6-17H2/p+1/t19-,20+,22?,23?. The second kappa shape index (κ2) is 6.59. The Kier molecular flexibility index (Phi) is 4.32. The van der Waals surface area contributed by atoms with E-state index < -0.39 is 5.60 Å². The highest BCUT2D eigenvalue weighted by Gasteiger charge is 2.57. The molecule has 1 saturated heterocycles. The van der Waals surface area contributed by atoms with Crippen LogP contribution in [0.5, 0.6) is 0 Å². The molecule has 4 nitrogen and oxygen atoms in total. The summed E-state index contributed by atoms with van der Waals surface area (Å²) in [6.45, 7) is 4.91. The summed E-state index contributed by atoms with van der Waals surface area (Å²) in [5.74, 6) is 1.67. The van der Waals surface area contributed by atoms with Gasteiger partial charge in [-0.2, -0.15) is 0 Å². The van der Waals surface area contributed by atoms with Crippen molar-refractivity contribution < 1.29 is 14.8 Å². The summed E-state index contributed by atoms with van der Waals surface area (Å²) in [6, 6.07) is 10.7. The Labute approximate surface area is 162 Å². The molecule has 4 bridgehead atoms. The predicted octanol–water partition coefficient (Wildman–Crippen LogP) is 1.64. The van der Waals surface area contributed by atoms with E-state index in [0.29, 0.717) is 24.2 Å². The topological polar surface area (TPSA) is 45.0 Å². The van der Waals surface area contributed by atoms with Gasteiger partial charge in [-0.1, -0.05) is 30.3 Å². The van der Waals surface area contributed by atoms with Gasteiger partial charge >= 0.3 is 0 Å². The van der Waals surface area contributed by atoms with Crippen LogP contribution >= 0.6 is 0 Å². The molecule has 146 valence electrons. The van der Waals surface area contributed by atoms with Crippen LogP contribution in [-0.2, 0) is 11.3 Å². The predicted molar refractivity (Wildman–Crippen MR) is 104 cm³/mol. The zero-order valence-electron chi connectivity index (χ0n) is 16.3. The fraction of sp³-hybridized carbons (Fsp3) is 0.696. The van der Waals surface area contributed by atoms with Gasteiger partial charge in [-0.25, -0.2) is 0 Å². The van der Waals surface area contributed by atoms with Gasteiger partial charge < -0.3 is 14.9 Å². The first kappa shape index (κ1) is 17.7. The van der Waals surface area contributed by atoms with Gasteiger partial charge in [-0.3, -0.25) is 4.79 Å². The molecule has 0 aromatic heterocycles. The lowest BCUT2D eigenvalue weighted by Gasteiger charge is -2.60. The summed E-state index contributed by atoms with van der Waals surface area (Å²) in [7, 11) is 0. The molecule has 4 atom stereocenters. The Morgan fingerprint density at radius 1 is 1.07 bits per heavy atom. The lowest BCUT2D eigenvalue weighted by molar-refractivity contribution is -0.917. The quantitative estimate of drug-likeness (QED) is 0.847. The Morgan fingerprint density at radius 2 is 1.74 bits per heavy atom. The van der Waals surface area contributed by atoms with Gasteiger partial charge in [-0.05, 0) is 55.8 Å². The number of hydrogen-bond donors (Lipinski definition) is 2. The molecular weight excluding hydrogens is 336 g/mol. The van der Waals surface area contributed by atoms with Crippen LogP contribution in [-0.4, -0.2) is 47.7 Å². The molecule has 1 aromatic carbocycles. The summed E-state index contributed by atoms with van der Waals surface area (Å²) >= 11 is 0. The molecule has 4 heteroatoms. The maximum atomic E-state index is 13.1. The maximum absolute atomic E-state index is 13.1. The number of rotatable bonds is 4. The first-order valence-corrected chi connectivity index (χ1v) is 10.9. The third-order valence-corrected chi connectivity index (χ3v) is 7.80. The lowest BCUT2D eigenvalue weighted by Crippen LogP contribution is -3.13. The molecule has 5 aliphatic rings. The Morgan fingerprint density at radius 3 is 2.37 bits per heavy atom. The van der Waals surface area contributed by atoms with Gasteiger partial charge in [0, 0.05) is 12.0 Å². The van der Waals surface area contributed by atoms with Crippen molar-refractivity contribution in [2.45, 2.75) is 57.1 Å². The van der Waals surface area contributed by atoms with Crippen LogP contribution in [0.4, 0.5) is 0 Å². The first-order valence-electron chi connectivity index (χ1n) is 10.9. The van der Waals surface area contributed by atoms with Crippen molar-refractivity contribution in [3.8, 4) is 0 Å². The molecule has 0 radical (unpaired) electrons. The average molecular weight is 370 g/mol. The van der Waals surface area contributed by atoms with Crippen LogP contribution in [0.2, 0.25) is 0 Å². The highest BCUT2D eigenvalue weighted by Crippen LogP contribution is 2.62. The maximum Gasteiger partial charge on any atom is 0.223 e. The van der Waals surface area contributed by atoms with Gasteiger partial charge in [0.15, 0.2) is 0 Å². The van der Waals surface area contributed by atoms with E-state index in [1.54, 1.807) is 4.90 Å². The van der Waals surface area contributed by atoms with E-state index >= 15 is 0 Å². The normalized spacial score (nSPS) is 38.3. The van der Waals surface area contributed by atoms with Gasteiger partial charge in [-0.15, -0.1) is 0 Å². The van der Waals surface area contributed by atoms with E-state index in [9.17, 15) is 9.90 Å². The highest BCUT2D eigenvalue weighted by atomic mass is 16.3. The number of carbonyl (C=O) groups excluding carboxylic acids is 1. The third kappa shape index (κ3) is 3.54. The number of benzene rings is 1. The minimum atomic E-state index is -0.455. The molecule has 1 aromatic rings. The number of nitrogens with one attached hydrogen (secondary N) is 1. The van der Waals surface area contributed by atoms with E-state index in [4.69, 9.17) is 0 Å². The molecule has 4 saturated carbocycles. The van der Waals surface area contributed by atoms with Crippen molar-refractivity contribution in [2.75, 3.05) is 26.2 Å². The van der Waals surface area contributed by atoms with Crippen LogP contribution in [0, 0.1) is 17.3 Å². The highest BCUT2D eigenvalue weighted by molar-refractivity contribution is 5.77. The number of piperazine rings is 1. The zero-order chi connectivity index (χ0) is 18.5. The van der Waals surface area contributed by atoms with Crippen molar-refractivity contribution in [1.82, 2.24) is 4.90 Å². The number of nitrogens with zero attached hydrogens (tertiary/aromatic N) is 1. The molecule has 1 aliphatic heterocycles. The Hall–Kier alpha value is -1.39. The zero-order valence-corrected chi connectivity index (χ0v) is 16.3. The summed E-state index contributed by atoms with van der Waals surface area (Å²) in [5.41, 5.74) is 1.03. The largest absolute Gasteiger partial charge is 0.390 e. The molecular formula is C23H33N2O2+. The summed E-state index contributed by atoms with van der Waals surface area (Å²) in [5, 5.41) is 10.9. The number of aliphatic hydroxyl groups is 1. The Bertz CT molecular complexity index is 682. The average Bonchev–Trinajstić information content (AvgIpc) is 2.60. The van der Waals surface area contributed by atoms with Crippen LogP contribution in [0.1, 0.15) is 50.5 Å². The summed E-state index contributed by atoms with van der Waals surface area (Å²) in [4.78, 5) is 16.8. The van der Waals surface area contributed by atoms with E-state index in [0.717, 1.165) is 52.0 Å². The van der Waals surface area contributed by atoms with Gasteiger partial charge in [0.05, 0.1) is 31.8 Å². The minimum absolute atomic E-state index is 0.101. The number of carbonyl (C=O) groups is 1. The second-order valence-electron chi connectivity index (χ2n) is 10.2. The summed E-state index contributed by atoms with van der Waals surface area (Å²) in [6.07, 6.45) is 7.17. The molecule has 2 unspecified atom stereocenters. The van der Waals surface area contributed by atoms with Crippen LogP contribution < -0.4 is 4.90 Å². The van der Waals surface area contributed by atoms with Gasteiger partial charge in [0.2, 0.25) is 5.91 Å². The van der Waals surface area contributed by atoms with Crippen molar-refractivity contribution in [2.24, 2.45) is 17.3 Å². The fourth-order valence-electron chi connectivity index (χ4n) is 7.17. The van der Waals surface area contributed by atoms with Crippen molar-refractivity contribution in [1.29, 1.82) is 0 Å². The number of amides is 1. The second-order valence-corrected chi connectivity index (χ2v) is 10.2. The molecule has 0 spiro atoms. The van der Waals surface area contributed by atoms with Gasteiger partial charge in [0.1, 0.15) is 6.54 Å². The van der Waals surface area contributed by atoms with Crippen LogP contribution in [0.15, 0.2) is 30.3 Å². The monoisotopic (exact) mass is 369 g/mol. The Balaban J connectivity index is 1.17. The number of hydrogen-bond acceptors (Lipinski definition) is 2. The van der Waals surface area contributed by atoms with Crippen molar-refractivity contribution in [3.63, 3.8) is 0 Å².